The number of aryl methyl sites for hydroxylation is 1. The minimum absolute atomic E-state index is 0.244. The third-order valence-corrected chi connectivity index (χ3v) is 5.97. The molecule has 28 heavy (non-hydrogen) atoms. The van der Waals surface area contributed by atoms with Gasteiger partial charge >= 0.3 is 5.69 Å². The highest BCUT2D eigenvalue weighted by molar-refractivity contribution is 5.91. The lowest BCUT2D eigenvalue weighted by Crippen LogP contribution is -2.37. The summed E-state index contributed by atoms with van der Waals surface area (Å²) in [6, 6.07) is 6.64. The molecule has 0 amide bonds. The third kappa shape index (κ3) is 3.02. The Hall–Kier alpha value is -2.60. The maximum Gasteiger partial charge on any atom is 0.330 e. The van der Waals surface area contributed by atoms with E-state index in [1.165, 1.54) is 27.1 Å². The van der Waals surface area contributed by atoms with Gasteiger partial charge in [0.05, 0.1) is 11.3 Å². The molecule has 3 aromatic rings. The van der Waals surface area contributed by atoms with Crippen LogP contribution in [-0.4, -0.2) is 27.2 Å². The molecule has 0 atom stereocenters. The van der Waals surface area contributed by atoms with E-state index in [1.807, 2.05) is 0 Å². The van der Waals surface area contributed by atoms with E-state index in [0.29, 0.717) is 11.5 Å². The topological polar surface area (TPSA) is 71.8 Å². The predicted octanol–water partition coefficient (Wildman–Crippen LogP) is 2.82. The molecule has 1 aliphatic heterocycles. The molecular formula is C22H28N4O2. The Bertz CT molecular complexity index is 1140. The minimum atomic E-state index is -0.316. The van der Waals surface area contributed by atoms with Gasteiger partial charge in [-0.2, -0.15) is 0 Å². The largest absolute Gasteiger partial charge is 0.354 e. The lowest BCUT2D eigenvalue weighted by atomic mass is 9.88. The molecule has 6 nitrogen and oxygen atoms in total. The highest BCUT2D eigenvalue weighted by Gasteiger charge is 2.22. The maximum atomic E-state index is 12.8. The molecule has 148 valence electrons. The van der Waals surface area contributed by atoms with Gasteiger partial charge in [-0.3, -0.25) is 9.36 Å². The van der Waals surface area contributed by atoms with Gasteiger partial charge in [0.2, 0.25) is 0 Å². The molecule has 0 spiro atoms. The number of benzene rings is 1. The summed E-state index contributed by atoms with van der Waals surface area (Å²) >= 11 is 0. The number of aromatic amines is 1. The van der Waals surface area contributed by atoms with Crippen LogP contribution in [0, 0.1) is 0 Å². The van der Waals surface area contributed by atoms with E-state index >= 15 is 0 Å². The first-order chi connectivity index (χ1) is 13.4. The molecule has 0 bridgehead atoms. The van der Waals surface area contributed by atoms with Gasteiger partial charge in [-0.15, -0.1) is 0 Å². The van der Waals surface area contributed by atoms with Crippen molar-refractivity contribution in [1.29, 1.82) is 0 Å². The number of aromatic nitrogens is 3. The number of piperidine rings is 1. The first-order valence-electron chi connectivity index (χ1n) is 10.0. The van der Waals surface area contributed by atoms with E-state index in [1.54, 1.807) is 13.2 Å². The van der Waals surface area contributed by atoms with Gasteiger partial charge in [0, 0.05) is 31.2 Å². The van der Waals surface area contributed by atoms with Crippen LogP contribution in [0.5, 0.6) is 0 Å². The Morgan fingerprint density at radius 1 is 1.11 bits per heavy atom. The Labute approximate surface area is 164 Å². The first-order valence-corrected chi connectivity index (χ1v) is 10.0. The van der Waals surface area contributed by atoms with Crippen LogP contribution < -0.4 is 16.6 Å². The summed E-state index contributed by atoms with van der Waals surface area (Å²) in [6.07, 6.45) is 3.96. The van der Waals surface area contributed by atoms with Crippen LogP contribution in [0.4, 0.5) is 0 Å². The van der Waals surface area contributed by atoms with Gasteiger partial charge in [0.25, 0.3) is 5.56 Å². The van der Waals surface area contributed by atoms with Crippen molar-refractivity contribution in [3.8, 4) is 11.3 Å². The quantitative estimate of drug-likeness (QED) is 0.734. The summed E-state index contributed by atoms with van der Waals surface area (Å²) in [7, 11) is 3.21. The van der Waals surface area contributed by atoms with Crippen molar-refractivity contribution in [3.05, 3.63) is 56.4 Å². The summed E-state index contributed by atoms with van der Waals surface area (Å²) in [4.78, 5) is 28.4. The average molecular weight is 380 g/mol. The number of nitrogens with one attached hydrogen (secondary N) is 2. The second-order valence-corrected chi connectivity index (χ2v) is 8.20. The number of H-pyrrole nitrogens is 1. The van der Waals surface area contributed by atoms with Crippen LogP contribution >= 0.6 is 0 Å². The van der Waals surface area contributed by atoms with Crippen molar-refractivity contribution in [2.75, 3.05) is 13.1 Å². The van der Waals surface area contributed by atoms with Crippen LogP contribution in [0.1, 0.15) is 49.7 Å². The van der Waals surface area contributed by atoms with E-state index in [-0.39, 0.29) is 17.2 Å². The van der Waals surface area contributed by atoms with Crippen molar-refractivity contribution in [3.63, 3.8) is 0 Å². The van der Waals surface area contributed by atoms with Crippen molar-refractivity contribution in [1.82, 2.24) is 19.4 Å². The van der Waals surface area contributed by atoms with Crippen LogP contribution in [0.2, 0.25) is 0 Å². The Balaban J connectivity index is 1.94. The summed E-state index contributed by atoms with van der Waals surface area (Å²) in [5.41, 5.74) is 4.32. The van der Waals surface area contributed by atoms with Gasteiger partial charge < -0.3 is 14.9 Å². The number of nitrogens with zero attached hydrogens (tertiary/aromatic N) is 2. The number of rotatable bonds is 3. The zero-order valence-corrected chi connectivity index (χ0v) is 17.0. The molecule has 1 aliphatic rings. The van der Waals surface area contributed by atoms with Gasteiger partial charge in [-0.1, -0.05) is 19.9 Å². The standard InChI is InChI=1S/C22H28N4O2/c1-13(2)19-16-11-15(14-7-9-23-10-8-14)5-6-18(16)24-20(19)17-12-25(3)22(28)26(4)21(17)27/h5-6,11-14,23-24H,7-10H2,1-4H3. The van der Waals surface area contributed by atoms with Crippen LogP contribution in [-0.2, 0) is 14.1 Å². The van der Waals surface area contributed by atoms with Crippen molar-refractivity contribution >= 4 is 10.9 Å². The first kappa shape index (κ1) is 18.7. The molecule has 1 fully saturated rings. The molecule has 0 radical (unpaired) electrons. The third-order valence-electron chi connectivity index (χ3n) is 5.97. The zero-order chi connectivity index (χ0) is 20.0. The van der Waals surface area contributed by atoms with Crippen LogP contribution in [0.15, 0.2) is 34.0 Å². The molecule has 2 aromatic heterocycles. The molecule has 6 heteroatoms. The lowest BCUT2D eigenvalue weighted by molar-refractivity contribution is 0.460. The summed E-state index contributed by atoms with van der Waals surface area (Å²) in [5, 5.41) is 4.60. The van der Waals surface area contributed by atoms with Gasteiger partial charge in [-0.05, 0) is 61.0 Å². The monoisotopic (exact) mass is 380 g/mol. The molecule has 2 N–H and O–H groups in total. The molecule has 1 saturated heterocycles. The SMILES string of the molecule is CC(C)c1c(-c2cn(C)c(=O)n(C)c2=O)[nH]c2ccc(C3CCNCC3)cc12. The van der Waals surface area contributed by atoms with Crippen LogP contribution in [0.25, 0.3) is 22.2 Å². The molecule has 0 saturated carbocycles. The van der Waals surface area contributed by atoms with Gasteiger partial charge in [0.15, 0.2) is 0 Å². The van der Waals surface area contributed by atoms with Crippen molar-refractivity contribution in [2.45, 2.75) is 38.5 Å². The van der Waals surface area contributed by atoms with E-state index in [9.17, 15) is 9.59 Å². The molecule has 1 aromatic carbocycles. The fraction of sp³-hybridized carbons (Fsp3) is 0.455. The Morgan fingerprint density at radius 3 is 2.50 bits per heavy atom. The van der Waals surface area contributed by atoms with Crippen molar-refractivity contribution in [2.24, 2.45) is 14.1 Å². The summed E-state index contributed by atoms with van der Waals surface area (Å²) < 4.78 is 2.64. The Kier molecular flexibility index (Phi) is 4.75. The fourth-order valence-electron chi connectivity index (χ4n) is 4.43. The zero-order valence-electron chi connectivity index (χ0n) is 17.0. The number of hydrogen-bond donors (Lipinski definition) is 2. The molecular weight excluding hydrogens is 352 g/mol. The second-order valence-electron chi connectivity index (χ2n) is 8.20. The second kappa shape index (κ2) is 7.09. The normalized spacial score (nSPS) is 15.6. The van der Waals surface area contributed by atoms with E-state index in [2.05, 4.69) is 42.3 Å². The fourth-order valence-corrected chi connectivity index (χ4v) is 4.43. The van der Waals surface area contributed by atoms with E-state index < -0.39 is 0 Å². The van der Waals surface area contributed by atoms with Crippen LogP contribution in [0.3, 0.4) is 0 Å². The smallest absolute Gasteiger partial charge is 0.330 e. The molecule has 0 aliphatic carbocycles. The van der Waals surface area contributed by atoms with Crippen molar-refractivity contribution < 1.29 is 0 Å². The predicted molar refractivity (Wildman–Crippen MR) is 113 cm³/mol. The number of hydrogen-bond acceptors (Lipinski definition) is 3. The highest BCUT2D eigenvalue weighted by Crippen LogP contribution is 2.36. The summed E-state index contributed by atoms with van der Waals surface area (Å²) in [5.74, 6) is 0.823. The Morgan fingerprint density at radius 2 is 1.82 bits per heavy atom. The average Bonchev–Trinajstić information content (AvgIpc) is 3.08. The maximum absolute atomic E-state index is 12.8. The van der Waals surface area contributed by atoms with E-state index in [0.717, 1.165) is 42.7 Å². The highest BCUT2D eigenvalue weighted by atomic mass is 16.2. The van der Waals surface area contributed by atoms with Gasteiger partial charge in [-0.25, -0.2) is 4.79 Å². The molecule has 3 heterocycles. The molecule has 0 unspecified atom stereocenters. The minimum Gasteiger partial charge on any atom is -0.354 e. The summed E-state index contributed by atoms with van der Waals surface area (Å²) in [6.45, 7) is 6.42. The van der Waals surface area contributed by atoms with E-state index in [4.69, 9.17) is 0 Å². The lowest BCUT2D eigenvalue weighted by Gasteiger charge is -2.23. The molecule has 4 rings (SSSR count). The van der Waals surface area contributed by atoms with Gasteiger partial charge in [0.1, 0.15) is 0 Å². The number of fused-ring (bicyclic) bond motifs is 1.